The Kier molecular flexibility index (Phi) is 6.72. The monoisotopic (exact) mass is 616 g/mol. The quantitative estimate of drug-likeness (QED) is 0.401. The number of halogens is 3. The summed E-state index contributed by atoms with van der Waals surface area (Å²) in [7, 11) is 2.99. The number of aromatic carboxylic acids is 1. The lowest BCUT2D eigenvalue weighted by Gasteiger charge is -2.23. The average Bonchev–Trinajstić information content (AvgIpc) is 2.36. The molecule has 1 rings (SSSR count). The Labute approximate surface area is 156 Å². The Hall–Kier alpha value is 0.110. The summed E-state index contributed by atoms with van der Waals surface area (Å²) in [6.45, 7) is -0.0864. The smallest absolute Gasteiger partial charge is 0.338 e. The van der Waals surface area contributed by atoms with Crippen molar-refractivity contribution in [2.45, 2.75) is 0 Å². The highest BCUT2D eigenvalue weighted by molar-refractivity contribution is 14.1. The SMILES string of the molecule is COCC(=O)N(C)c1c(I)c(N)c(I)c(C(=O)O)c1I. The Morgan fingerprint density at radius 3 is 2.25 bits per heavy atom. The molecule has 0 aromatic heterocycles. The molecule has 0 unspecified atom stereocenters. The molecule has 0 heterocycles. The van der Waals surface area contributed by atoms with Gasteiger partial charge in [0.15, 0.2) is 0 Å². The summed E-state index contributed by atoms with van der Waals surface area (Å²) in [5, 5.41) is 9.31. The fourth-order valence-corrected chi connectivity index (χ4v) is 5.85. The lowest BCUT2D eigenvalue weighted by Crippen LogP contribution is -2.32. The van der Waals surface area contributed by atoms with Crippen LogP contribution in [0.2, 0.25) is 0 Å². The number of carboxylic acid groups (broad SMARTS) is 1. The predicted molar refractivity (Wildman–Crippen MR) is 101 cm³/mol. The van der Waals surface area contributed by atoms with E-state index in [2.05, 4.69) is 0 Å². The number of methoxy groups -OCH3 is 1. The van der Waals surface area contributed by atoms with Crippen LogP contribution in [0.3, 0.4) is 0 Å². The van der Waals surface area contributed by atoms with Crippen molar-refractivity contribution in [1.82, 2.24) is 0 Å². The molecule has 0 saturated heterocycles. The normalized spacial score (nSPS) is 10.4. The molecule has 20 heavy (non-hydrogen) atoms. The first-order valence-corrected chi connectivity index (χ1v) is 8.42. The minimum absolute atomic E-state index is 0.0864. The topological polar surface area (TPSA) is 92.9 Å². The van der Waals surface area contributed by atoms with Gasteiger partial charge in [0, 0.05) is 14.2 Å². The molecule has 1 amide bonds. The van der Waals surface area contributed by atoms with Gasteiger partial charge in [-0.25, -0.2) is 4.79 Å². The Morgan fingerprint density at radius 2 is 1.80 bits per heavy atom. The van der Waals surface area contributed by atoms with Gasteiger partial charge in [-0.05, 0) is 67.8 Å². The van der Waals surface area contributed by atoms with Gasteiger partial charge in [-0.1, -0.05) is 0 Å². The number of hydrogen-bond donors (Lipinski definition) is 2. The van der Waals surface area contributed by atoms with Crippen LogP contribution in [0.15, 0.2) is 0 Å². The number of anilines is 2. The van der Waals surface area contributed by atoms with Gasteiger partial charge in [0.2, 0.25) is 0 Å². The van der Waals surface area contributed by atoms with Crippen LogP contribution >= 0.6 is 67.8 Å². The minimum Gasteiger partial charge on any atom is -0.478 e. The summed E-state index contributed by atoms with van der Waals surface area (Å²) in [5.74, 6) is -1.35. The van der Waals surface area contributed by atoms with E-state index in [1.165, 1.54) is 12.0 Å². The number of hydrogen-bond acceptors (Lipinski definition) is 4. The first-order valence-electron chi connectivity index (χ1n) is 5.18. The molecule has 0 aliphatic heterocycles. The molecule has 0 radical (unpaired) electrons. The van der Waals surface area contributed by atoms with Crippen LogP contribution in [0.1, 0.15) is 10.4 Å². The lowest BCUT2D eigenvalue weighted by molar-refractivity contribution is -0.121. The maximum absolute atomic E-state index is 11.9. The zero-order chi connectivity index (χ0) is 15.6. The molecular formula is C11H11I3N2O4. The van der Waals surface area contributed by atoms with Crippen molar-refractivity contribution in [2.75, 3.05) is 31.4 Å². The molecule has 1 aromatic rings. The summed E-state index contributed by atoms with van der Waals surface area (Å²) < 4.78 is 6.41. The molecular weight excluding hydrogens is 605 g/mol. The molecule has 0 atom stereocenters. The summed E-state index contributed by atoms with van der Waals surface area (Å²) in [6, 6.07) is 0. The van der Waals surface area contributed by atoms with Gasteiger partial charge in [0.25, 0.3) is 5.91 Å². The van der Waals surface area contributed by atoms with E-state index in [0.717, 1.165) is 0 Å². The number of nitrogen functional groups attached to an aromatic ring is 1. The largest absolute Gasteiger partial charge is 0.478 e. The van der Waals surface area contributed by atoms with Crippen molar-refractivity contribution in [2.24, 2.45) is 0 Å². The predicted octanol–water partition coefficient (Wildman–Crippen LogP) is 2.39. The van der Waals surface area contributed by atoms with Crippen molar-refractivity contribution in [3.8, 4) is 0 Å². The fourth-order valence-electron chi connectivity index (χ4n) is 1.50. The number of nitrogens with two attached hydrogens (primary N) is 1. The zero-order valence-electron chi connectivity index (χ0n) is 10.5. The summed E-state index contributed by atoms with van der Waals surface area (Å²) >= 11 is 5.83. The van der Waals surface area contributed by atoms with E-state index in [1.54, 1.807) is 7.05 Å². The highest BCUT2D eigenvalue weighted by atomic mass is 127. The molecule has 0 fully saturated rings. The van der Waals surface area contributed by atoms with E-state index in [0.29, 0.717) is 22.1 Å². The number of amides is 1. The Balaban J connectivity index is 3.55. The lowest BCUT2D eigenvalue weighted by atomic mass is 10.1. The Bertz CT molecular complexity index is 578. The second kappa shape index (κ2) is 7.40. The van der Waals surface area contributed by atoms with E-state index in [1.807, 2.05) is 67.8 Å². The molecule has 0 spiro atoms. The minimum atomic E-state index is -1.07. The first-order chi connectivity index (χ1) is 9.23. The number of benzene rings is 1. The van der Waals surface area contributed by atoms with E-state index >= 15 is 0 Å². The molecule has 0 aliphatic rings. The van der Waals surface area contributed by atoms with Crippen LogP contribution in [0.4, 0.5) is 11.4 Å². The molecule has 110 valence electrons. The standard InChI is InChI=1S/C11H11I3N2O4/c1-16(4(17)3-20-2)10-7(13)5(11(18)19)6(12)9(15)8(10)14/h3,15H2,1-2H3,(H,18,19). The number of carboxylic acids is 1. The first kappa shape index (κ1) is 18.2. The zero-order valence-corrected chi connectivity index (χ0v) is 17.0. The summed E-state index contributed by atoms with van der Waals surface area (Å²) in [5.41, 5.74) is 6.91. The Morgan fingerprint density at radius 1 is 1.25 bits per heavy atom. The van der Waals surface area contributed by atoms with Gasteiger partial charge in [0.05, 0.1) is 27.6 Å². The maximum atomic E-state index is 11.9. The second-order valence-electron chi connectivity index (χ2n) is 3.77. The number of ether oxygens (including phenoxy) is 1. The van der Waals surface area contributed by atoms with Gasteiger partial charge in [-0.3, -0.25) is 4.79 Å². The average molecular weight is 616 g/mol. The van der Waals surface area contributed by atoms with Gasteiger partial charge < -0.3 is 20.5 Å². The molecule has 1 aromatic carbocycles. The van der Waals surface area contributed by atoms with Crippen LogP contribution < -0.4 is 10.6 Å². The fraction of sp³-hybridized carbons (Fsp3) is 0.273. The van der Waals surface area contributed by atoms with E-state index in [-0.39, 0.29) is 18.1 Å². The van der Waals surface area contributed by atoms with Crippen molar-refractivity contribution in [3.05, 3.63) is 16.3 Å². The maximum Gasteiger partial charge on any atom is 0.338 e. The van der Waals surface area contributed by atoms with Crippen LogP contribution in [0, 0.1) is 10.7 Å². The number of likely N-dealkylation sites (N-methyl/N-ethyl adjacent to an activating group) is 1. The summed E-state index contributed by atoms with van der Waals surface area (Å²) in [6.07, 6.45) is 0. The van der Waals surface area contributed by atoms with Crippen molar-refractivity contribution < 1.29 is 19.4 Å². The number of carbonyl (C=O) groups is 2. The van der Waals surface area contributed by atoms with Crippen molar-refractivity contribution in [1.29, 1.82) is 0 Å². The highest BCUT2D eigenvalue weighted by Crippen LogP contribution is 2.38. The third-order valence-corrected chi connectivity index (χ3v) is 5.78. The van der Waals surface area contributed by atoms with Crippen LogP contribution in [-0.2, 0) is 9.53 Å². The molecule has 0 aliphatic carbocycles. The number of rotatable bonds is 4. The van der Waals surface area contributed by atoms with Gasteiger partial charge in [0.1, 0.15) is 6.61 Å². The molecule has 0 bridgehead atoms. The van der Waals surface area contributed by atoms with Crippen LogP contribution in [-0.4, -0.2) is 37.7 Å². The highest BCUT2D eigenvalue weighted by Gasteiger charge is 2.26. The van der Waals surface area contributed by atoms with Gasteiger partial charge in [-0.15, -0.1) is 0 Å². The van der Waals surface area contributed by atoms with Crippen molar-refractivity contribution in [3.63, 3.8) is 0 Å². The third kappa shape index (κ3) is 3.47. The van der Waals surface area contributed by atoms with Crippen LogP contribution in [0.5, 0.6) is 0 Å². The van der Waals surface area contributed by atoms with E-state index in [9.17, 15) is 14.7 Å². The van der Waals surface area contributed by atoms with Crippen LogP contribution in [0.25, 0.3) is 0 Å². The molecule has 3 N–H and O–H groups in total. The summed E-state index contributed by atoms with van der Waals surface area (Å²) in [4.78, 5) is 24.7. The molecule has 0 saturated carbocycles. The van der Waals surface area contributed by atoms with Gasteiger partial charge in [-0.2, -0.15) is 0 Å². The van der Waals surface area contributed by atoms with E-state index in [4.69, 9.17) is 10.5 Å². The van der Waals surface area contributed by atoms with Gasteiger partial charge >= 0.3 is 5.97 Å². The number of carbonyl (C=O) groups excluding carboxylic acids is 1. The second-order valence-corrected chi connectivity index (χ2v) is 7.01. The molecule has 9 heteroatoms. The molecule has 6 nitrogen and oxygen atoms in total. The van der Waals surface area contributed by atoms with Crippen molar-refractivity contribution >= 4 is 91.0 Å². The van der Waals surface area contributed by atoms with E-state index < -0.39 is 5.97 Å². The third-order valence-electron chi connectivity index (χ3n) is 2.52. The number of nitrogens with zero attached hydrogens (tertiary/aromatic N) is 1.